The van der Waals surface area contributed by atoms with Gasteiger partial charge in [0.25, 0.3) is 5.56 Å². The maximum atomic E-state index is 14.0. The molecule has 27 heavy (non-hydrogen) atoms. The van der Waals surface area contributed by atoms with Crippen LogP contribution in [0.3, 0.4) is 0 Å². The van der Waals surface area contributed by atoms with Crippen LogP contribution in [-0.2, 0) is 20.5 Å². The molecule has 1 aromatic carbocycles. The maximum Gasteiger partial charge on any atom is 0.343 e. The van der Waals surface area contributed by atoms with Gasteiger partial charge in [0.1, 0.15) is 0 Å². The number of carbonyl (C=O) groups is 1. The molecule has 0 saturated carbocycles. The Hall–Kier alpha value is -2.52. The number of halogens is 1. The number of aromatic amines is 1. The van der Waals surface area contributed by atoms with E-state index < -0.39 is 38.0 Å². The van der Waals surface area contributed by atoms with Crippen LogP contribution >= 0.6 is 0 Å². The summed E-state index contributed by atoms with van der Waals surface area (Å²) in [6.45, 7) is 9.49. The van der Waals surface area contributed by atoms with Gasteiger partial charge in [-0.25, -0.2) is 14.2 Å². The fourth-order valence-corrected chi connectivity index (χ4v) is 4.13. The second-order valence-corrected chi connectivity index (χ2v) is 10.1. The summed E-state index contributed by atoms with van der Waals surface area (Å²) in [6, 6.07) is 5.15. The normalized spacial score (nSPS) is 19.3. The summed E-state index contributed by atoms with van der Waals surface area (Å²) in [5.41, 5.74) is -1.14. The number of benzene rings is 1. The van der Waals surface area contributed by atoms with Crippen molar-refractivity contribution < 1.29 is 18.3 Å². The van der Waals surface area contributed by atoms with Gasteiger partial charge in [0.2, 0.25) is 5.82 Å². The first-order valence-electron chi connectivity index (χ1n) is 8.54. The first-order chi connectivity index (χ1) is 12.5. The van der Waals surface area contributed by atoms with Gasteiger partial charge >= 0.3 is 17.6 Å². The molecule has 1 N–H and O–H groups in total. The van der Waals surface area contributed by atoms with E-state index in [4.69, 9.17) is 9.16 Å². The molecule has 0 aliphatic carbocycles. The summed E-state index contributed by atoms with van der Waals surface area (Å²) < 4.78 is 26.3. The fraction of sp³-hybridized carbons (Fsp3) is 0.389. The molecule has 1 aromatic heterocycles. The van der Waals surface area contributed by atoms with E-state index in [1.807, 2.05) is 38.8 Å². The fourth-order valence-electron chi connectivity index (χ4n) is 3.20. The smallest absolute Gasteiger partial charge is 0.343 e. The van der Waals surface area contributed by atoms with Crippen LogP contribution in [0.25, 0.3) is 0 Å². The largest absolute Gasteiger partial charge is 0.406 e. The zero-order valence-corrected chi connectivity index (χ0v) is 16.9. The molecular weight excluding hydrogens is 371 g/mol. The molecule has 2 aromatic rings. The molecule has 0 radical (unpaired) electrons. The van der Waals surface area contributed by atoms with Crippen molar-refractivity contribution >= 4 is 15.0 Å². The van der Waals surface area contributed by atoms with E-state index >= 15 is 0 Å². The molecule has 0 amide bonds. The molecular formula is C18H21FN2O5Si. The van der Waals surface area contributed by atoms with Crippen LogP contribution < -0.4 is 11.2 Å². The summed E-state index contributed by atoms with van der Waals surface area (Å²) in [7, 11) is -1.90. The number of carbonyl (C=O) groups excluding carboxylic acids is 1. The van der Waals surface area contributed by atoms with E-state index in [1.54, 1.807) is 18.2 Å². The third-order valence-electron chi connectivity index (χ3n) is 4.26. The van der Waals surface area contributed by atoms with Crippen LogP contribution in [0, 0.1) is 5.82 Å². The molecule has 1 unspecified atom stereocenters. The highest BCUT2D eigenvalue weighted by molar-refractivity contribution is 6.48. The molecule has 2 heterocycles. The number of H-pyrrole nitrogens is 1. The van der Waals surface area contributed by atoms with Crippen LogP contribution in [0.1, 0.15) is 42.3 Å². The molecule has 1 aliphatic heterocycles. The molecule has 7 nitrogen and oxygen atoms in total. The van der Waals surface area contributed by atoms with Crippen LogP contribution in [0.5, 0.6) is 0 Å². The van der Waals surface area contributed by atoms with Crippen molar-refractivity contribution in [1.82, 2.24) is 9.55 Å². The predicted octanol–water partition coefficient (Wildman–Crippen LogP) is 1.80. The number of esters is 1. The van der Waals surface area contributed by atoms with Gasteiger partial charge < -0.3 is 9.16 Å². The number of ether oxygens (including phenoxy) is 1. The number of rotatable bonds is 3. The van der Waals surface area contributed by atoms with E-state index in [9.17, 15) is 18.8 Å². The van der Waals surface area contributed by atoms with Gasteiger partial charge in [-0.3, -0.25) is 9.78 Å². The zero-order chi connectivity index (χ0) is 20.1. The van der Waals surface area contributed by atoms with Crippen molar-refractivity contribution in [1.29, 1.82) is 0 Å². The van der Waals surface area contributed by atoms with E-state index in [1.165, 1.54) is 0 Å². The second-order valence-electron chi connectivity index (χ2n) is 7.72. The number of cyclic esters (lactones) is 1. The van der Waals surface area contributed by atoms with Crippen molar-refractivity contribution in [2.75, 3.05) is 0 Å². The third-order valence-corrected chi connectivity index (χ3v) is 5.05. The summed E-state index contributed by atoms with van der Waals surface area (Å²) in [5.74, 6) is -3.79. The highest BCUT2D eigenvalue weighted by Gasteiger charge is 2.52. The van der Waals surface area contributed by atoms with E-state index in [0.29, 0.717) is 11.8 Å². The number of fused-ring (bicyclic) bond motifs is 1. The highest BCUT2D eigenvalue weighted by atomic mass is 28.3. The number of hydrogen-bond donors (Lipinski definition) is 1. The average Bonchev–Trinajstić information content (AvgIpc) is 2.82. The Kier molecular flexibility index (Phi) is 4.47. The zero-order valence-electron chi connectivity index (χ0n) is 15.8. The molecule has 0 spiro atoms. The molecule has 0 bridgehead atoms. The molecule has 1 atom stereocenters. The Morgan fingerprint density at radius 1 is 1.22 bits per heavy atom. The molecule has 144 valence electrons. The van der Waals surface area contributed by atoms with Gasteiger partial charge in [0.05, 0.1) is 17.3 Å². The standard InChI is InChI=1S/C18H21FN2O5Si/c1-17(2,3)10-7-6-8-11-13(10)15(23)25-18(11,26-27(4)5)21-9-12(19)14(22)20-16(21)24/h6-9,27H,1-5H3,(H,20,22,24). The van der Waals surface area contributed by atoms with Crippen molar-refractivity contribution in [2.24, 2.45) is 0 Å². The number of nitrogens with zero attached hydrogens (tertiary/aromatic N) is 1. The first kappa shape index (κ1) is 19.2. The van der Waals surface area contributed by atoms with Gasteiger partial charge in [0, 0.05) is 0 Å². The topological polar surface area (TPSA) is 90.4 Å². The Morgan fingerprint density at radius 2 is 1.89 bits per heavy atom. The monoisotopic (exact) mass is 392 g/mol. The SMILES string of the molecule is C[SiH](C)OC1(n2cc(F)c(=O)[nH]c2=O)OC(=O)c2c(C(C)(C)C)cccc21. The van der Waals surface area contributed by atoms with Crippen LogP contribution in [0.4, 0.5) is 4.39 Å². The van der Waals surface area contributed by atoms with Gasteiger partial charge in [-0.15, -0.1) is 0 Å². The van der Waals surface area contributed by atoms with Crippen LogP contribution in [-0.4, -0.2) is 24.6 Å². The Balaban J connectivity index is 2.39. The van der Waals surface area contributed by atoms with E-state index in [2.05, 4.69) is 0 Å². The lowest BCUT2D eigenvalue weighted by molar-refractivity contribution is -0.169. The second kappa shape index (κ2) is 6.27. The lowest BCUT2D eigenvalue weighted by Crippen LogP contribution is -2.49. The summed E-state index contributed by atoms with van der Waals surface area (Å²) in [4.78, 5) is 38.6. The highest BCUT2D eigenvalue weighted by Crippen LogP contribution is 2.42. The molecule has 0 fully saturated rings. The van der Waals surface area contributed by atoms with Crippen LogP contribution in [0.15, 0.2) is 34.0 Å². The maximum absolute atomic E-state index is 14.0. The lowest BCUT2D eigenvalue weighted by Gasteiger charge is -2.32. The molecule has 9 heteroatoms. The van der Waals surface area contributed by atoms with Crippen LogP contribution in [0.2, 0.25) is 13.1 Å². The summed E-state index contributed by atoms with van der Waals surface area (Å²) in [6.07, 6.45) is 0.712. The summed E-state index contributed by atoms with van der Waals surface area (Å²) >= 11 is 0. The van der Waals surface area contributed by atoms with Gasteiger partial charge in [-0.1, -0.05) is 32.9 Å². The van der Waals surface area contributed by atoms with Crippen molar-refractivity contribution in [2.45, 2.75) is 45.2 Å². The number of nitrogens with one attached hydrogen (secondary N) is 1. The number of aromatic nitrogens is 2. The lowest BCUT2D eigenvalue weighted by atomic mass is 9.82. The molecule has 0 saturated heterocycles. The third kappa shape index (κ3) is 3.06. The average molecular weight is 392 g/mol. The van der Waals surface area contributed by atoms with Crippen molar-refractivity contribution in [3.8, 4) is 0 Å². The van der Waals surface area contributed by atoms with Crippen molar-refractivity contribution in [3.63, 3.8) is 0 Å². The Labute approximate surface area is 156 Å². The Morgan fingerprint density at radius 3 is 2.48 bits per heavy atom. The van der Waals surface area contributed by atoms with E-state index in [0.717, 1.165) is 10.1 Å². The van der Waals surface area contributed by atoms with Gasteiger partial charge in [0.15, 0.2) is 9.04 Å². The predicted molar refractivity (Wildman–Crippen MR) is 98.9 cm³/mol. The van der Waals surface area contributed by atoms with Crippen molar-refractivity contribution in [3.05, 3.63) is 67.7 Å². The minimum atomic E-state index is -1.95. The first-order valence-corrected chi connectivity index (χ1v) is 11.3. The minimum absolute atomic E-state index is 0.290. The molecule has 3 rings (SSSR count). The van der Waals surface area contributed by atoms with Gasteiger partial charge in [-0.05, 0) is 30.1 Å². The summed E-state index contributed by atoms with van der Waals surface area (Å²) in [5, 5.41) is 0. The number of hydrogen-bond acceptors (Lipinski definition) is 5. The molecule has 1 aliphatic rings. The van der Waals surface area contributed by atoms with E-state index in [-0.39, 0.29) is 11.0 Å². The van der Waals surface area contributed by atoms with Gasteiger partial charge in [-0.2, -0.15) is 4.39 Å². The quantitative estimate of drug-likeness (QED) is 0.635. The minimum Gasteiger partial charge on any atom is -0.406 e. The Bertz CT molecular complexity index is 1040.